The van der Waals surface area contributed by atoms with Gasteiger partial charge >= 0.3 is 0 Å². The van der Waals surface area contributed by atoms with Crippen molar-refractivity contribution in [2.75, 3.05) is 0 Å². The van der Waals surface area contributed by atoms with E-state index < -0.39 is 0 Å². The summed E-state index contributed by atoms with van der Waals surface area (Å²) in [5, 5.41) is 8.18. The van der Waals surface area contributed by atoms with Gasteiger partial charge in [-0.25, -0.2) is 0 Å². The Morgan fingerprint density at radius 1 is 1.00 bits per heavy atom. The van der Waals surface area contributed by atoms with Crippen LogP contribution in [-0.4, -0.2) is 11.4 Å². The smallest absolute Gasteiger partial charge is 0.0176 e. The molecule has 1 aliphatic rings. The van der Waals surface area contributed by atoms with Crippen molar-refractivity contribution < 1.29 is 32.7 Å². The van der Waals surface area contributed by atoms with E-state index in [2.05, 4.69) is 40.9 Å². The molecule has 1 radical (unpaired) electrons. The van der Waals surface area contributed by atoms with Crippen LogP contribution in [0.4, 0.5) is 0 Å². The van der Waals surface area contributed by atoms with E-state index >= 15 is 0 Å². The van der Waals surface area contributed by atoms with E-state index in [-0.39, 0.29) is 32.7 Å². The fraction of sp³-hybridized carbons (Fsp3) is 0.357. The zero-order valence-electron chi connectivity index (χ0n) is 11.0. The Labute approximate surface area is 129 Å². The van der Waals surface area contributed by atoms with Crippen LogP contribution >= 0.6 is 0 Å². The van der Waals surface area contributed by atoms with Crippen molar-refractivity contribution in [2.24, 2.45) is 10.2 Å². The normalized spacial score (nSPS) is 17.5. The van der Waals surface area contributed by atoms with Gasteiger partial charge in [0.15, 0.2) is 0 Å². The molecule has 89 valence electrons. The van der Waals surface area contributed by atoms with Gasteiger partial charge in [0.25, 0.3) is 0 Å². The van der Waals surface area contributed by atoms with Gasteiger partial charge in [0.2, 0.25) is 0 Å². The van der Waals surface area contributed by atoms with Gasteiger partial charge in [0.1, 0.15) is 0 Å². The van der Waals surface area contributed by atoms with Crippen LogP contribution in [0.2, 0.25) is 0 Å². The maximum absolute atomic E-state index is 4.14. The molecule has 0 fully saturated rings. The third-order valence-electron chi connectivity index (χ3n) is 2.38. The van der Waals surface area contributed by atoms with Crippen LogP contribution in [-0.2, 0) is 32.7 Å². The Balaban J connectivity index is 0.000000811. The molecule has 17 heavy (non-hydrogen) atoms. The molecule has 0 saturated heterocycles. The van der Waals surface area contributed by atoms with Gasteiger partial charge in [-0.3, -0.25) is 0 Å². The molecule has 0 spiro atoms. The molecule has 2 rings (SSSR count). The molecule has 0 N–H and O–H groups in total. The van der Waals surface area contributed by atoms with Crippen LogP contribution in [0, 0.1) is 6.42 Å². The molecular formula is C14H19N2Y-. The topological polar surface area (TPSA) is 24.7 Å². The van der Waals surface area contributed by atoms with Gasteiger partial charge in [-0.2, -0.15) is 10.2 Å². The van der Waals surface area contributed by atoms with Gasteiger partial charge in [0, 0.05) is 38.4 Å². The van der Waals surface area contributed by atoms with E-state index in [0.717, 1.165) is 11.4 Å². The van der Waals surface area contributed by atoms with E-state index in [1.165, 1.54) is 5.56 Å². The second-order valence-electron chi connectivity index (χ2n) is 3.54. The van der Waals surface area contributed by atoms with Crippen LogP contribution in [0.15, 0.2) is 40.5 Å². The zero-order chi connectivity index (χ0) is 12.0. The summed E-state index contributed by atoms with van der Waals surface area (Å²) in [6.07, 6.45) is 2.15. The van der Waals surface area contributed by atoms with E-state index in [4.69, 9.17) is 0 Å². The van der Waals surface area contributed by atoms with E-state index in [1.54, 1.807) is 0 Å². The van der Waals surface area contributed by atoms with Gasteiger partial charge in [-0.15, -0.1) is 0 Å². The molecule has 1 aliphatic heterocycles. The van der Waals surface area contributed by atoms with E-state index in [9.17, 15) is 0 Å². The minimum absolute atomic E-state index is 0. The molecular weight excluding hydrogens is 285 g/mol. The monoisotopic (exact) mass is 304 g/mol. The molecule has 3 heteroatoms. The van der Waals surface area contributed by atoms with Crippen molar-refractivity contribution in [1.82, 2.24) is 0 Å². The summed E-state index contributed by atoms with van der Waals surface area (Å²) in [7, 11) is 0. The van der Waals surface area contributed by atoms with Crippen molar-refractivity contribution in [3.63, 3.8) is 0 Å². The Kier molecular flexibility index (Phi) is 8.36. The van der Waals surface area contributed by atoms with E-state index in [1.807, 2.05) is 33.8 Å². The summed E-state index contributed by atoms with van der Waals surface area (Å²) in [6, 6.07) is 10.4. The third kappa shape index (κ3) is 4.73. The van der Waals surface area contributed by atoms with Crippen molar-refractivity contribution in [1.29, 1.82) is 0 Å². The summed E-state index contributed by atoms with van der Waals surface area (Å²) in [5.74, 6) is 0.300. The van der Waals surface area contributed by atoms with Crippen molar-refractivity contribution >= 4 is 11.4 Å². The first-order valence-corrected chi connectivity index (χ1v) is 5.76. The van der Waals surface area contributed by atoms with E-state index in [0.29, 0.717) is 5.92 Å². The molecule has 0 amide bonds. The SMILES string of the molecule is CC.CC1=NN=C(C)C(c2ccccc2)[CH-]1.[Y]. The average Bonchev–Trinajstić information content (AvgIpc) is 2.36. The molecule has 1 heterocycles. The van der Waals surface area contributed by atoms with Gasteiger partial charge < -0.3 is 6.42 Å². The summed E-state index contributed by atoms with van der Waals surface area (Å²) in [6.45, 7) is 8.00. The molecule has 0 aromatic heterocycles. The molecule has 0 aliphatic carbocycles. The first-order valence-electron chi connectivity index (χ1n) is 5.76. The second kappa shape index (κ2) is 8.60. The van der Waals surface area contributed by atoms with Crippen LogP contribution in [0.1, 0.15) is 39.2 Å². The molecule has 1 unspecified atom stereocenters. The predicted octanol–water partition coefficient (Wildman–Crippen LogP) is 3.85. The summed E-state index contributed by atoms with van der Waals surface area (Å²) in [5.41, 5.74) is 3.33. The standard InChI is InChI=1S/C12H13N2.C2H6.Y/c1-9-8-12(10(2)14-13-9)11-6-4-3-5-7-11;1-2;/h3-8,12H,1-2H3;1-2H3;/q-1;;. The first-order chi connectivity index (χ1) is 7.77. The fourth-order valence-electron chi connectivity index (χ4n) is 1.61. The summed E-state index contributed by atoms with van der Waals surface area (Å²) < 4.78 is 0. The molecule has 0 bridgehead atoms. The molecule has 1 atom stereocenters. The second-order valence-corrected chi connectivity index (χ2v) is 3.54. The van der Waals surface area contributed by atoms with Gasteiger partial charge in [-0.1, -0.05) is 68.3 Å². The summed E-state index contributed by atoms with van der Waals surface area (Å²) >= 11 is 0. The molecule has 1 aromatic rings. The zero-order valence-corrected chi connectivity index (χ0v) is 13.9. The number of nitrogens with zero attached hydrogens (tertiary/aromatic N) is 2. The van der Waals surface area contributed by atoms with Crippen LogP contribution < -0.4 is 0 Å². The number of hydrogen-bond donors (Lipinski definition) is 0. The van der Waals surface area contributed by atoms with Crippen molar-refractivity contribution in [2.45, 2.75) is 33.6 Å². The average molecular weight is 304 g/mol. The Morgan fingerprint density at radius 2 is 1.59 bits per heavy atom. The number of rotatable bonds is 1. The Hall–Kier alpha value is -0.466. The minimum atomic E-state index is 0. The number of hydrogen-bond acceptors (Lipinski definition) is 2. The Bertz CT molecular complexity index is 382. The van der Waals surface area contributed by atoms with Crippen LogP contribution in [0.3, 0.4) is 0 Å². The quantitative estimate of drug-likeness (QED) is 0.704. The Morgan fingerprint density at radius 3 is 2.18 bits per heavy atom. The predicted molar refractivity (Wildman–Crippen MR) is 71.0 cm³/mol. The largest absolute Gasteiger partial charge is 0.332 e. The fourth-order valence-corrected chi connectivity index (χ4v) is 1.61. The van der Waals surface area contributed by atoms with Crippen LogP contribution in [0.5, 0.6) is 0 Å². The van der Waals surface area contributed by atoms with Gasteiger partial charge in [-0.05, 0) is 6.92 Å². The van der Waals surface area contributed by atoms with Gasteiger partial charge in [0.05, 0.1) is 0 Å². The summed E-state index contributed by atoms with van der Waals surface area (Å²) in [4.78, 5) is 0. The third-order valence-corrected chi connectivity index (χ3v) is 2.38. The maximum Gasteiger partial charge on any atom is 0.0176 e. The number of benzene rings is 1. The molecule has 1 aromatic carbocycles. The molecule has 0 saturated carbocycles. The van der Waals surface area contributed by atoms with Crippen molar-refractivity contribution in [3.05, 3.63) is 42.3 Å². The van der Waals surface area contributed by atoms with Crippen molar-refractivity contribution in [3.8, 4) is 0 Å². The molecule has 2 nitrogen and oxygen atoms in total. The minimum Gasteiger partial charge on any atom is -0.332 e. The van der Waals surface area contributed by atoms with Crippen LogP contribution in [0.25, 0.3) is 0 Å². The maximum atomic E-state index is 4.14. The first kappa shape index (κ1) is 16.5.